The number of ether oxygens (including phenoxy) is 1. The highest BCUT2D eigenvalue weighted by Gasteiger charge is 2.22. The van der Waals surface area contributed by atoms with Crippen LogP contribution < -0.4 is 10.6 Å². The summed E-state index contributed by atoms with van der Waals surface area (Å²) in [6, 6.07) is 4.69. The Morgan fingerprint density at radius 1 is 1.50 bits per heavy atom. The minimum atomic E-state index is -0.230. The zero-order chi connectivity index (χ0) is 13.1. The summed E-state index contributed by atoms with van der Waals surface area (Å²) in [5, 5.41) is 0. The number of hydrogen-bond donors (Lipinski definition) is 1. The van der Waals surface area contributed by atoms with Crippen LogP contribution in [0, 0.1) is 5.82 Å². The van der Waals surface area contributed by atoms with Crippen molar-refractivity contribution in [3.05, 3.63) is 29.6 Å². The van der Waals surface area contributed by atoms with E-state index in [9.17, 15) is 4.39 Å². The van der Waals surface area contributed by atoms with Crippen LogP contribution in [0.25, 0.3) is 0 Å². The topological polar surface area (TPSA) is 38.5 Å². The van der Waals surface area contributed by atoms with E-state index in [4.69, 9.17) is 10.5 Å². The maximum absolute atomic E-state index is 13.3. The van der Waals surface area contributed by atoms with Crippen molar-refractivity contribution in [2.24, 2.45) is 5.73 Å². The molecule has 1 saturated heterocycles. The first-order valence-electron chi connectivity index (χ1n) is 6.44. The molecule has 2 rings (SSSR count). The smallest absolute Gasteiger partial charge is 0.123 e. The van der Waals surface area contributed by atoms with Gasteiger partial charge in [-0.2, -0.15) is 0 Å². The summed E-state index contributed by atoms with van der Waals surface area (Å²) in [6.07, 6.45) is 2.43. The average Bonchev–Trinajstić information content (AvgIpc) is 2.38. The average molecular weight is 252 g/mol. The highest BCUT2D eigenvalue weighted by molar-refractivity contribution is 5.55. The van der Waals surface area contributed by atoms with Crippen LogP contribution in [0.1, 0.15) is 31.4 Å². The Labute approximate surface area is 108 Å². The van der Waals surface area contributed by atoms with Gasteiger partial charge in [-0.3, -0.25) is 0 Å². The highest BCUT2D eigenvalue weighted by atomic mass is 19.1. The third-order valence-corrected chi connectivity index (χ3v) is 3.53. The fourth-order valence-electron chi connectivity index (χ4n) is 2.53. The standard InChI is InChI=1S/C14H21FN2O/c1-10(16)13-8-11(15)5-6-14(13)17-7-3-4-12(9-17)18-2/h5-6,8,10,12H,3-4,7,9,16H2,1-2H3. The molecule has 1 aliphatic heterocycles. The summed E-state index contributed by atoms with van der Waals surface area (Å²) in [4.78, 5) is 2.25. The number of halogens is 1. The first-order chi connectivity index (χ1) is 8.61. The molecule has 0 saturated carbocycles. The lowest BCUT2D eigenvalue weighted by molar-refractivity contribution is 0.0893. The van der Waals surface area contributed by atoms with Gasteiger partial charge >= 0.3 is 0 Å². The zero-order valence-electron chi connectivity index (χ0n) is 11.0. The van der Waals surface area contributed by atoms with Gasteiger partial charge in [-0.25, -0.2) is 4.39 Å². The van der Waals surface area contributed by atoms with Gasteiger partial charge in [0.1, 0.15) is 5.82 Å². The Kier molecular flexibility index (Phi) is 4.19. The second-order valence-corrected chi connectivity index (χ2v) is 4.94. The van der Waals surface area contributed by atoms with Crippen LogP contribution in [-0.4, -0.2) is 26.3 Å². The van der Waals surface area contributed by atoms with Crippen molar-refractivity contribution in [3.63, 3.8) is 0 Å². The van der Waals surface area contributed by atoms with Crippen molar-refractivity contribution in [1.82, 2.24) is 0 Å². The summed E-state index contributed by atoms with van der Waals surface area (Å²) in [5.74, 6) is -0.230. The number of rotatable bonds is 3. The van der Waals surface area contributed by atoms with Crippen LogP contribution in [0.15, 0.2) is 18.2 Å². The molecular formula is C14H21FN2O. The molecule has 0 aliphatic carbocycles. The number of nitrogens with zero attached hydrogens (tertiary/aromatic N) is 1. The molecule has 2 atom stereocenters. The molecule has 0 amide bonds. The number of nitrogens with two attached hydrogens (primary N) is 1. The van der Waals surface area contributed by atoms with Gasteiger partial charge in [-0.15, -0.1) is 0 Å². The third kappa shape index (κ3) is 2.82. The second kappa shape index (κ2) is 5.67. The van der Waals surface area contributed by atoms with Gasteiger partial charge in [0.2, 0.25) is 0 Å². The van der Waals surface area contributed by atoms with E-state index in [0.717, 1.165) is 37.2 Å². The van der Waals surface area contributed by atoms with E-state index in [1.165, 1.54) is 12.1 Å². The van der Waals surface area contributed by atoms with Crippen LogP contribution in [0.5, 0.6) is 0 Å². The minimum Gasteiger partial charge on any atom is -0.380 e. The lowest BCUT2D eigenvalue weighted by Crippen LogP contribution is -2.40. The Morgan fingerprint density at radius 3 is 2.94 bits per heavy atom. The van der Waals surface area contributed by atoms with E-state index in [0.29, 0.717) is 0 Å². The fraction of sp³-hybridized carbons (Fsp3) is 0.571. The molecule has 4 heteroatoms. The number of piperidine rings is 1. The molecule has 1 aromatic rings. The minimum absolute atomic E-state index is 0.168. The lowest BCUT2D eigenvalue weighted by Gasteiger charge is -2.35. The summed E-state index contributed by atoms with van der Waals surface area (Å²) in [6.45, 7) is 3.71. The molecule has 1 aliphatic rings. The number of anilines is 1. The molecule has 0 spiro atoms. The summed E-state index contributed by atoms with van der Waals surface area (Å²) < 4.78 is 18.7. The van der Waals surface area contributed by atoms with E-state index in [1.807, 2.05) is 13.0 Å². The molecule has 2 unspecified atom stereocenters. The van der Waals surface area contributed by atoms with E-state index >= 15 is 0 Å². The van der Waals surface area contributed by atoms with Crippen molar-refractivity contribution in [2.75, 3.05) is 25.1 Å². The normalized spacial score (nSPS) is 22.0. The van der Waals surface area contributed by atoms with E-state index in [-0.39, 0.29) is 18.0 Å². The van der Waals surface area contributed by atoms with Crippen LogP contribution >= 0.6 is 0 Å². The van der Waals surface area contributed by atoms with E-state index in [2.05, 4.69) is 4.90 Å². The maximum atomic E-state index is 13.3. The zero-order valence-corrected chi connectivity index (χ0v) is 11.0. The van der Waals surface area contributed by atoms with Gasteiger partial charge in [-0.05, 0) is 43.5 Å². The van der Waals surface area contributed by atoms with Crippen molar-refractivity contribution in [1.29, 1.82) is 0 Å². The monoisotopic (exact) mass is 252 g/mol. The quantitative estimate of drug-likeness (QED) is 0.898. The van der Waals surface area contributed by atoms with Gasteiger partial charge in [0, 0.05) is 31.9 Å². The highest BCUT2D eigenvalue weighted by Crippen LogP contribution is 2.29. The van der Waals surface area contributed by atoms with Crippen molar-refractivity contribution >= 4 is 5.69 Å². The lowest BCUT2D eigenvalue weighted by atomic mass is 10.0. The Morgan fingerprint density at radius 2 is 2.28 bits per heavy atom. The molecule has 1 aromatic carbocycles. The Balaban J connectivity index is 2.26. The Bertz CT molecular complexity index is 409. The molecule has 0 aromatic heterocycles. The van der Waals surface area contributed by atoms with Crippen LogP contribution in [-0.2, 0) is 4.74 Å². The van der Waals surface area contributed by atoms with Gasteiger partial charge in [-0.1, -0.05) is 0 Å². The van der Waals surface area contributed by atoms with Crippen molar-refractivity contribution < 1.29 is 9.13 Å². The summed E-state index contributed by atoms with van der Waals surface area (Å²) >= 11 is 0. The van der Waals surface area contributed by atoms with E-state index < -0.39 is 0 Å². The predicted octanol–water partition coefficient (Wildman–Crippen LogP) is 2.46. The molecule has 3 nitrogen and oxygen atoms in total. The molecule has 100 valence electrons. The Hall–Kier alpha value is -1.13. The van der Waals surface area contributed by atoms with Crippen molar-refractivity contribution in [3.8, 4) is 0 Å². The molecule has 0 bridgehead atoms. The van der Waals surface area contributed by atoms with Crippen molar-refractivity contribution in [2.45, 2.75) is 31.9 Å². The fourth-order valence-corrected chi connectivity index (χ4v) is 2.53. The number of benzene rings is 1. The van der Waals surface area contributed by atoms with Gasteiger partial charge in [0.05, 0.1) is 6.10 Å². The van der Waals surface area contributed by atoms with Gasteiger partial charge in [0.15, 0.2) is 0 Å². The first-order valence-corrected chi connectivity index (χ1v) is 6.44. The maximum Gasteiger partial charge on any atom is 0.123 e. The van der Waals surface area contributed by atoms with Gasteiger partial charge in [0.25, 0.3) is 0 Å². The first kappa shape index (κ1) is 13.3. The SMILES string of the molecule is COC1CCCN(c2ccc(F)cc2C(C)N)C1. The predicted molar refractivity (Wildman–Crippen MR) is 71.2 cm³/mol. The molecule has 2 N–H and O–H groups in total. The van der Waals surface area contributed by atoms with Crippen LogP contribution in [0.3, 0.4) is 0 Å². The molecular weight excluding hydrogens is 231 g/mol. The van der Waals surface area contributed by atoms with E-state index in [1.54, 1.807) is 7.11 Å². The molecule has 0 radical (unpaired) electrons. The molecule has 18 heavy (non-hydrogen) atoms. The summed E-state index contributed by atoms with van der Waals surface area (Å²) in [5.41, 5.74) is 7.84. The second-order valence-electron chi connectivity index (χ2n) is 4.94. The van der Waals surface area contributed by atoms with Gasteiger partial charge < -0.3 is 15.4 Å². The number of methoxy groups -OCH3 is 1. The van der Waals surface area contributed by atoms with Crippen LogP contribution in [0.2, 0.25) is 0 Å². The molecule has 1 heterocycles. The third-order valence-electron chi connectivity index (χ3n) is 3.53. The summed E-state index contributed by atoms with van der Waals surface area (Å²) in [7, 11) is 1.74. The van der Waals surface area contributed by atoms with Crippen LogP contribution in [0.4, 0.5) is 10.1 Å². The molecule has 1 fully saturated rings. The number of hydrogen-bond acceptors (Lipinski definition) is 3. The largest absolute Gasteiger partial charge is 0.380 e.